The lowest BCUT2D eigenvalue weighted by atomic mass is 9.92. The highest BCUT2D eigenvalue weighted by molar-refractivity contribution is 5.96. The van der Waals surface area contributed by atoms with E-state index in [1.54, 1.807) is 0 Å². The summed E-state index contributed by atoms with van der Waals surface area (Å²) in [6, 6.07) is 6.22. The third kappa shape index (κ3) is 2.43. The van der Waals surface area contributed by atoms with Gasteiger partial charge in [0.25, 0.3) is 0 Å². The molecule has 116 valence electrons. The molecule has 1 aliphatic heterocycles. The van der Waals surface area contributed by atoms with Crippen LogP contribution < -0.4 is 10.6 Å². The van der Waals surface area contributed by atoms with Gasteiger partial charge < -0.3 is 10.6 Å². The highest BCUT2D eigenvalue weighted by atomic mass is 15.1. The predicted octanol–water partition coefficient (Wildman–Crippen LogP) is 4.08. The van der Waals surface area contributed by atoms with Crippen LogP contribution in [0.1, 0.15) is 49.8 Å². The Kier molecular flexibility index (Phi) is 3.65. The summed E-state index contributed by atoms with van der Waals surface area (Å²) in [4.78, 5) is 7.58. The molecule has 2 N–H and O–H groups in total. The Morgan fingerprint density at radius 1 is 0.909 bits per heavy atom. The normalized spacial score (nSPS) is 19.0. The minimum atomic E-state index is 0.848. The van der Waals surface area contributed by atoms with E-state index >= 15 is 0 Å². The van der Waals surface area contributed by atoms with Crippen molar-refractivity contribution in [3.05, 3.63) is 29.5 Å². The summed E-state index contributed by atoms with van der Waals surface area (Å²) in [6.07, 6.45) is 10.2. The van der Waals surface area contributed by atoms with E-state index in [9.17, 15) is 0 Å². The van der Waals surface area contributed by atoms with E-state index in [2.05, 4.69) is 17.0 Å². The Morgan fingerprint density at radius 2 is 1.68 bits per heavy atom. The molecule has 1 aromatic heterocycles. The molecule has 1 aromatic carbocycles. The number of hydrogen-bond donors (Lipinski definition) is 1. The lowest BCUT2D eigenvalue weighted by molar-refractivity contribution is 0.665. The van der Waals surface area contributed by atoms with Crippen LogP contribution in [0.5, 0.6) is 0 Å². The van der Waals surface area contributed by atoms with Gasteiger partial charge in [-0.15, -0.1) is 0 Å². The molecular weight excluding hydrogens is 270 g/mol. The average Bonchev–Trinajstić information content (AvgIpc) is 2.82. The maximum atomic E-state index is 6.08. The number of aryl methyl sites for hydroxylation is 1. The van der Waals surface area contributed by atoms with Crippen molar-refractivity contribution in [3.63, 3.8) is 0 Å². The monoisotopic (exact) mass is 295 g/mol. The zero-order valence-electron chi connectivity index (χ0n) is 13.3. The number of fused-ring (bicyclic) bond motifs is 2. The molecule has 0 saturated carbocycles. The van der Waals surface area contributed by atoms with Crippen molar-refractivity contribution in [1.82, 2.24) is 4.98 Å². The lowest BCUT2D eigenvalue weighted by Gasteiger charge is -2.30. The number of benzene rings is 1. The summed E-state index contributed by atoms with van der Waals surface area (Å²) >= 11 is 0. The fraction of sp³-hybridized carbons (Fsp3) is 0.526. The molecule has 0 spiro atoms. The fourth-order valence-corrected chi connectivity index (χ4v) is 4.07. The number of nitrogens with zero attached hydrogens (tertiary/aromatic N) is 2. The van der Waals surface area contributed by atoms with Gasteiger partial charge in [-0.2, -0.15) is 0 Å². The van der Waals surface area contributed by atoms with Crippen LogP contribution in [0, 0.1) is 0 Å². The lowest BCUT2D eigenvalue weighted by Crippen LogP contribution is -2.27. The van der Waals surface area contributed by atoms with Crippen LogP contribution >= 0.6 is 0 Å². The highest BCUT2D eigenvalue weighted by Gasteiger charge is 2.22. The summed E-state index contributed by atoms with van der Waals surface area (Å²) in [7, 11) is 0. The maximum Gasteiger partial charge on any atom is 0.0727 e. The van der Waals surface area contributed by atoms with Gasteiger partial charge in [-0.1, -0.05) is 12.8 Å². The van der Waals surface area contributed by atoms with E-state index in [4.69, 9.17) is 10.7 Å². The van der Waals surface area contributed by atoms with Crippen LogP contribution in [0.25, 0.3) is 10.9 Å². The van der Waals surface area contributed by atoms with Crippen molar-refractivity contribution in [2.75, 3.05) is 23.7 Å². The molecule has 2 heterocycles. The first-order chi connectivity index (χ1) is 10.8. The van der Waals surface area contributed by atoms with Crippen LogP contribution in [-0.4, -0.2) is 18.1 Å². The molecular formula is C19H25N3. The molecule has 2 aromatic rings. The number of nitrogen functional groups attached to an aromatic ring is 1. The van der Waals surface area contributed by atoms with Gasteiger partial charge in [0.05, 0.1) is 11.2 Å². The van der Waals surface area contributed by atoms with Crippen LogP contribution in [-0.2, 0) is 12.8 Å². The van der Waals surface area contributed by atoms with Gasteiger partial charge >= 0.3 is 0 Å². The second-order valence-corrected chi connectivity index (χ2v) is 6.77. The molecule has 0 unspecified atom stereocenters. The highest BCUT2D eigenvalue weighted by Crippen LogP contribution is 2.37. The summed E-state index contributed by atoms with van der Waals surface area (Å²) in [5.74, 6) is 0. The number of pyridine rings is 1. The third-order valence-electron chi connectivity index (χ3n) is 5.18. The van der Waals surface area contributed by atoms with Gasteiger partial charge in [-0.05, 0) is 62.3 Å². The molecule has 1 saturated heterocycles. The third-order valence-corrected chi connectivity index (χ3v) is 5.18. The zero-order chi connectivity index (χ0) is 14.9. The molecule has 1 aliphatic carbocycles. The Labute approximate surface area is 132 Å². The fourth-order valence-electron chi connectivity index (χ4n) is 4.07. The zero-order valence-corrected chi connectivity index (χ0v) is 13.3. The first-order valence-electron chi connectivity index (χ1n) is 8.79. The largest absolute Gasteiger partial charge is 0.399 e. The van der Waals surface area contributed by atoms with Crippen molar-refractivity contribution in [3.8, 4) is 0 Å². The van der Waals surface area contributed by atoms with Gasteiger partial charge in [0.15, 0.2) is 0 Å². The van der Waals surface area contributed by atoms with Gasteiger partial charge in [-0.25, -0.2) is 0 Å². The minimum absolute atomic E-state index is 0.848. The van der Waals surface area contributed by atoms with E-state index in [0.717, 1.165) is 17.6 Å². The summed E-state index contributed by atoms with van der Waals surface area (Å²) < 4.78 is 0. The topological polar surface area (TPSA) is 42.1 Å². The van der Waals surface area contributed by atoms with E-state index in [1.165, 1.54) is 80.4 Å². The molecule has 2 aliphatic rings. The van der Waals surface area contributed by atoms with E-state index in [-0.39, 0.29) is 0 Å². The van der Waals surface area contributed by atoms with Gasteiger partial charge in [0.1, 0.15) is 0 Å². The van der Waals surface area contributed by atoms with Crippen LogP contribution in [0.15, 0.2) is 18.2 Å². The molecule has 3 nitrogen and oxygen atoms in total. The van der Waals surface area contributed by atoms with Crippen molar-refractivity contribution in [2.24, 2.45) is 0 Å². The minimum Gasteiger partial charge on any atom is -0.399 e. The standard InChI is InChI=1S/C19H25N3/c20-14-9-10-18-16(13-14)19(22-11-5-1-2-6-12-22)15-7-3-4-8-17(15)21-18/h9-10,13H,1-8,11-12,20H2. The van der Waals surface area contributed by atoms with Crippen molar-refractivity contribution >= 4 is 22.3 Å². The molecule has 3 heteroatoms. The molecule has 0 atom stereocenters. The molecule has 4 rings (SSSR count). The Balaban J connectivity index is 1.93. The van der Waals surface area contributed by atoms with Gasteiger partial charge in [-0.3, -0.25) is 4.98 Å². The summed E-state index contributed by atoms with van der Waals surface area (Å²) in [5.41, 5.74) is 12.3. The van der Waals surface area contributed by atoms with Crippen LogP contribution in [0.4, 0.5) is 11.4 Å². The van der Waals surface area contributed by atoms with Gasteiger partial charge in [0.2, 0.25) is 0 Å². The first-order valence-corrected chi connectivity index (χ1v) is 8.79. The molecule has 0 bridgehead atoms. The number of aromatic nitrogens is 1. The van der Waals surface area contributed by atoms with E-state index in [1.807, 2.05) is 6.07 Å². The van der Waals surface area contributed by atoms with E-state index < -0.39 is 0 Å². The second kappa shape index (κ2) is 5.79. The molecule has 22 heavy (non-hydrogen) atoms. The molecule has 1 fully saturated rings. The predicted molar refractivity (Wildman–Crippen MR) is 93.5 cm³/mol. The SMILES string of the molecule is Nc1ccc2nc3c(c(N4CCCCCC4)c2c1)CCCC3. The first kappa shape index (κ1) is 13.9. The Bertz CT molecular complexity index is 685. The molecule has 0 amide bonds. The van der Waals surface area contributed by atoms with Gasteiger partial charge in [0, 0.05) is 29.9 Å². The van der Waals surface area contributed by atoms with Crippen molar-refractivity contribution < 1.29 is 0 Å². The smallest absolute Gasteiger partial charge is 0.0727 e. The number of rotatable bonds is 1. The van der Waals surface area contributed by atoms with Crippen LogP contribution in [0.2, 0.25) is 0 Å². The maximum absolute atomic E-state index is 6.08. The Morgan fingerprint density at radius 3 is 2.50 bits per heavy atom. The average molecular weight is 295 g/mol. The number of hydrogen-bond acceptors (Lipinski definition) is 3. The number of nitrogens with two attached hydrogens (primary N) is 1. The van der Waals surface area contributed by atoms with Crippen LogP contribution in [0.3, 0.4) is 0 Å². The summed E-state index contributed by atoms with van der Waals surface area (Å²) in [6.45, 7) is 2.36. The molecule has 0 radical (unpaired) electrons. The quantitative estimate of drug-likeness (QED) is 0.806. The second-order valence-electron chi connectivity index (χ2n) is 6.77. The number of anilines is 2. The Hall–Kier alpha value is -1.77. The van der Waals surface area contributed by atoms with Crippen molar-refractivity contribution in [2.45, 2.75) is 51.4 Å². The summed E-state index contributed by atoms with van der Waals surface area (Å²) in [5, 5.41) is 1.27. The van der Waals surface area contributed by atoms with Crippen molar-refractivity contribution in [1.29, 1.82) is 0 Å². The van der Waals surface area contributed by atoms with E-state index in [0.29, 0.717) is 0 Å².